The van der Waals surface area contributed by atoms with Gasteiger partial charge in [-0.15, -0.1) is 0 Å². The van der Waals surface area contributed by atoms with E-state index in [0.717, 1.165) is 65.3 Å². The third-order valence-electron chi connectivity index (χ3n) is 5.64. The Labute approximate surface area is 199 Å². The van der Waals surface area contributed by atoms with Gasteiger partial charge in [0, 0.05) is 42.5 Å². The van der Waals surface area contributed by atoms with Crippen molar-refractivity contribution in [2.45, 2.75) is 13.3 Å². The van der Waals surface area contributed by atoms with E-state index in [1.807, 2.05) is 56.4 Å². The predicted molar refractivity (Wildman–Crippen MR) is 134 cm³/mol. The largest absolute Gasteiger partial charge is 0.462 e. The molecule has 2 N–H and O–H groups in total. The molecule has 8 nitrogen and oxygen atoms in total. The van der Waals surface area contributed by atoms with E-state index in [9.17, 15) is 4.79 Å². The maximum Gasteiger partial charge on any atom is 0.339 e. The molecule has 1 aromatic carbocycles. The molecule has 4 rings (SSSR count). The van der Waals surface area contributed by atoms with E-state index in [-0.39, 0.29) is 5.97 Å². The molecular formula is C26H30N6O2. The number of likely N-dealkylation sites (N-methyl/N-ethyl adjacent to an activating group) is 2. The van der Waals surface area contributed by atoms with Crippen LogP contribution in [0, 0.1) is 6.92 Å². The van der Waals surface area contributed by atoms with E-state index >= 15 is 0 Å². The van der Waals surface area contributed by atoms with Crippen LogP contribution in [0.2, 0.25) is 0 Å². The zero-order valence-electron chi connectivity index (χ0n) is 19.8. The molecular weight excluding hydrogens is 428 g/mol. The Bertz CT molecular complexity index is 1270. The molecule has 3 heterocycles. The summed E-state index contributed by atoms with van der Waals surface area (Å²) in [6.45, 7) is 5.10. The number of nitrogens with zero attached hydrogens (tertiary/aromatic N) is 4. The zero-order valence-corrected chi connectivity index (χ0v) is 19.8. The average molecular weight is 459 g/mol. The minimum Gasteiger partial charge on any atom is -0.462 e. The van der Waals surface area contributed by atoms with Gasteiger partial charge in [-0.05, 0) is 57.8 Å². The van der Waals surface area contributed by atoms with Crippen molar-refractivity contribution in [2.75, 3.05) is 40.3 Å². The molecule has 0 amide bonds. The van der Waals surface area contributed by atoms with Gasteiger partial charge in [-0.2, -0.15) is 0 Å². The molecule has 0 atom stereocenters. The lowest BCUT2D eigenvalue weighted by molar-refractivity contribution is 0.0491. The van der Waals surface area contributed by atoms with E-state index in [1.165, 1.54) is 0 Å². The first-order valence-electron chi connectivity index (χ1n) is 11.4. The highest BCUT2D eigenvalue weighted by Crippen LogP contribution is 2.30. The van der Waals surface area contributed by atoms with Crippen LogP contribution in [-0.4, -0.2) is 71.1 Å². The number of imidazole rings is 1. The summed E-state index contributed by atoms with van der Waals surface area (Å²) in [7, 11) is 4.00. The van der Waals surface area contributed by atoms with Crippen molar-refractivity contribution in [1.29, 1.82) is 0 Å². The number of aromatic nitrogens is 4. The fourth-order valence-electron chi connectivity index (χ4n) is 3.78. The molecule has 0 aliphatic carbocycles. The van der Waals surface area contributed by atoms with Gasteiger partial charge >= 0.3 is 5.97 Å². The summed E-state index contributed by atoms with van der Waals surface area (Å²) in [6, 6.07) is 13.6. The Kier molecular flexibility index (Phi) is 7.61. The van der Waals surface area contributed by atoms with Gasteiger partial charge in [0.2, 0.25) is 0 Å². The monoisotopic (exact) mass is 458 g/mol. The second-order valence-electron chi connectivity index (χ2n) is 8.32. The minimum absolute atomic E-state index is 0.359. The number of rotatable bonds is 10. The normalized spacial score (nSPS) is 11.3. The lowest BCUT2D eigenvalue weighted by atomic mass is 10.0. The van der Waals surface area contributed by atoms with E-state index in [2.05, 4.69) is 37.2 Å². The topological polar surface area (TPSA) is 96.0 Å². The molecule has 176 valence electrons. The Morgan fingerprint density at radius 2 is 2.03 bits per heavy atom. The molecule has 0 bridgehead atoms. The number of hydrogen-bond donors (Lipinski definition) is 2. The quantitative estimate of drug-likeness (QED) is 0.276. The summed E-state index contributed by atoms with van der Waals surface area (Å²) in [4.78, 5) is 31.6. The van der Waals surface area contributed by atoms with Crippen LogP contribution in [-0.2, 0) is 4.74 Å². The number of carbonyl (C=O) groups is 1. The van der Waals surface area contributed by atoms with Crippen molar-refractivity contribution >= 4 is 16.9 Å². The highest BCUT2D eigenvalue weighted by molar-refractivity contribution is 5.95. The smallest absolute Gasteiger partial charge is 0.339 e. The van der Waals surface area contributed by atoms with Crippen molar-refractivity contribution in [3.8, 4) is 22.6 Å². The summed E-state index contributed by atoms with van der Waals surface area (Å²) >= 11 is 0. The maximum absolute atomic E-state index is 12.6. The minimum atomic E-state index is -0.359. The highest BCUT2D eigenvalue weighted by Gasteiger charge is 2.14. The standard InChI is InChI=1S/C26H30N6O2/c1-18-6-4-7-23(31-18)25-24(29-17-30-25)19-8-9-22-20(14-19)15-21(16-28-22)26(33)34-13-5-11-32(3)12-10-27-2/h4,6-9,14-17,27H,5,10-13H2,1-3H3,(H,29,30). The number of esters is 1. The summed E-state index contributed by atoms with van der Waals surface area (Å²) in [6.07, 6.45) is 4.02. The molecule has 0 aliphatic heterocycles. The fourth-order valence-corrected chi connectivity index (χ4v) is 3.78. The number of nitrogens with one attached hydrogen (secondary N) is 2. The Morgan fingerprint density at radius 3 is 2.85 bits per heavy atom. The summed E-state index contributed by atoms with van der Waals surface area (Å²) in [5.74, 6) is -0.359. The van der Waals surface area contributed by atoms with E-state index < -0.39 is 0 Å². The lowest BCUT2D eigenvalue weighted by Gasteiger charge is -2.15. The SMILES string of the molecule is CNCCN(C)CCCOC(=O)c1cnc2ccc(-c3nc[nH]c3-c3cccc(C)n3)cc2c1. The first-order valence-corrected chi connectivity index (χ1v) is 11.4. The fraction of sp³-hybridized carbons (Fsp3) is 0.308. The van der Waals surface area contributed by atoms with Crippen LogP contribution in [0.4, 0.5) is 0 Å². The van der Waals surface area contributed by atoms with Crippen LogP contribution in [0.1, 0.15) is 22.5 Å². The molecule has 34 heavy (non-hydrogen) atoms. The number of pyridine rings is 2. The van der Waals surface area contributed by atoms with Crippen LogP contribution in [0.15, 0.2) is 55.0 Å². The van der Waals surface area contributed by atoms with Crippen LogP contribution >= 0.6 is 0 Å². The third kappa shape index (κ3) is 5.65. The zero-order chi connectivity index (χ0) is 23.9. The van der Waals surface area contributed by atoms with Gasteiger partial charge in [-0.25, -0.2) is 9.78 Å². The van der Waals surface area contributed by atoms with Crippen LogP contribution < -0.4 is 5.32 Å². The Balaban J connectivity index is 1.48. The van der Waals surface area contributed by atoms with E-state index in [0.29, 0.717) is 12.2 Å². The number of aryl methyl sites for hydroxylation is 1. The van der Waals surface area contributed by atoms with Crippen LogP contribution in [0.5, 0.6) is 0 Å². The highest BCUT2D eigenvalue weighted by atomic mass is 16.5. The van der Waals surface area contributed by atoms with Gasteiger partial charge in [0.05, 0.1) is 41.1 Å². The molecule has 0 unspecified atom stereocenters. The summed E-state index contributed by atoms with van der Waals surface area (Å²) in [5.41, 5.74) is 5.59. The molecule has 0 radical (unpaired) electrons. The van der Waals surface area contributed by atoms with Gasteiger partial charge in [-0.1, -0.05) is 12.1 Å². The van der Waals surface area contributed by atoms with Gasteiger partial charge in [0.1, 0.15) is 0 Å². The second-order valence-corrected chi connectivity index (χ2v) is 8.32. The number of H-pyrrole nitrogens is 1. The first-order chi connectivity index (χ1) is 16.5. The Hall–Kier alpha value is -3.62. The summed E-state index contributed by atoms with van der Waals surface area (Å²) < 4.78 is 5.48. The number of fused-ring (bicyclic) bond motifs is 1. The molecule has 0 spiro atoms. The van der Waals surface area contributed by atoms with Gasteiger partial charge < -0.3 is 19.9 Å². The van der Waals surface area contributed by atoms with Crippen molar-refractivity contribution in [2.24, 2.45) is 0 Å². The first kappa shape index (κ1) is 23.5. The number of carbonyl (C=O) groups excluding carboxylic acids is 1. The Morgan fingerprint density at radius 1 is 1.15 bits per heavy atom. The molecule has 4 aromatic rings. The number of hydrogen-bond acceptors (Lipinski definition) is 7. The van der Waals surface area contributed by atoms with E-state index in [1.54, 1.807) is 12.5 Å². The van der Waals surface area contributed by atoms with Gasteiger partial charge in [-0.3, -0.25) is 9.97 Å². The second kappa shape index (κ2) is 11.0. The average Bonchev–Trinajstić information content (AvgIpc) is 3.34. The van der Waals surface area contributed by atoms with Crippen molar-refractivity contribution in [1.82, 2.24) is 30.2 Å². The summed E-state index contributed by atoms with van der Waals surface area (Å²) in [5, 5.41) is 3.98. The number of ether oxygens (including phenoxy) is 1. The molecule has 0 aliphatic rings. The number of aromatic amines is 1. The van der Waals surface area contributed by atoms with Crippen molar-refractivity contribution < 1.29 is 9.53 Å². The van der Waals surface area contributed by atoms with Crippen LogP contribution in [0.3, 0.4) is 0 Å². The maximum atomic E-state index is 12.6. The predicted octanol–water partition coefficient (Wildman–Crippen LogP) is 3.69. The van der Waals surface area contributed by atoms with Crippen molar-refractivity contribution in [3.63, 3.8) is 0 Å². The van der Waals surface area contributed by atoms with Crippen LogP contribution in [0.25, 0.3) is 33.5 Å². The lowest BCUT2D eigenvalue weighted by Crippen LogP contribution is -2.28. The molecule has 0 fully saturated rings. The molecule has 3 aromatic heterocycles. The molecule has 0 saturated carbocycles. The number of benzene rings is 1. The van der Waals surface area contributed by atoms with Crippen molar-refractivity contribution in [3.05, 3.63) is 66.2 Å². The van der Waals surface area contributed by atoms with Gasteiger partial charge in [0.25, 0.3) is 0 Å². The molecule has 0 saturated heterocycles. The molecule has 8 heteroatoms. The third-order valence-corrected chi connectivity index (χ3v) is 5.64. The van der Waals surface area contributed by atoms with Gasteiger partial charge in [0.15, 0.2) is 0 Å². The van der Waals surface area contributed by atoms with E-state index in [4.69, 9.17) is 4.74 Å².